The molecule has 8 heteroatoms. The Kier molecular flexibility index (Phi) is 5.29. The molecule has 2 amide bonds. The third-order valence-corrected chi connectivity index (χ3v) is 4.91. The Morgan fingerprint density at radius 3 is 2.71 bits per heavy atom. The third kappa shape index (κ3) is 3.93. The lowest BCUT2D eigenvalue weighted by Gasteiger charge is -2.20. The first-order valence-electron chi connectivity index (χ1n) is 7.42. The van der Waals surface area contributed by atoms with E-state index in [1.165, 1.54) is 0 Å². The van der Waals surface area contributed by atoms with Gasteiger partial charge in [-0.1, -0.05) is 15.9 Å². The van der Waals surface area contributed by atoms with E-state index in [0.29, 0.717) is 5.69 Å². The van der Waals surface area contributed by atoms with E-state index in [2.05, 4.69) is 21.2 Å². The molecule has 0 bridgehead atoms. The molecule has 1 heterocycles. The number of carboxylic acids is 1. The lowest BCUT2D eigenvalue weighted by molar-refractivity contribution is -0.156. The van der Waals surface area contributed by atoms with E-state index in [1.807, 2.05) is 19.1 Å². The van der Waals surface area contributed by atoms with E-state index in [-0.39, 0.29) is 18.9 Å². The van der Waals surface area contributed by atoms with Gasteiger partial charge >= 0.3 is 5.97 Å². The first kappa shape index (κ1) is 18.4. The molecule has 0 aromatic heterocycles. The van der Waals surface area contributed by atoms with Crippen LogP contribution in [0, 0.1) is 12.8 Å². The minimum absolute atomic E-state index is 0.0517. The van der Waals surface area contributed by atoms with Crippen LogP contribution in [-0.4, -0.2) is 46.7 Å². The van der Waals surface area contributed by atoms with Gasteiger partial charge in [0.15, 0.2) is 5.60 Å². The summed E-state index contributed by atoms with van der Waals surface area (Å²) in [6.07, 6.45) is 0.0517. The minimum atomic E-state index is -2.04. The van der Waals surface area contributed by atoms with Crippen LogP contribution in [-0.2, 0) is 14.4 Å². The number of aliphatic carboxylic acids is 1. The van der Waals surface area contributed by atoms with Gasteiger partial charge in [0.2, 0.25) is 11.8 Å². The van der Waals surface area contributed by atoms with Crippen molar-refractivity contribution in [2.45, 2.75) is 25.9 Å². The molecule has 1 aromatic rings. The van der Waals surface area contributed by atoms with E-state index < -0.39 is 29.9 Å². The first-order valence-corrected chi connectivity index (χ1v) is 8.21. The second-order valence-corrected chi connectivity index (χ2v) is 6.99. The zero-order valence-corrected chi connectivity index (χ0v) is 15.0. The number of aliphatic hydroxyl groups is 1. The van der Waals surface area contributed by atoms with Crippen LogP contribution in [0.25, 0.3) is 0 Å². The number of amides is 2. The molecular formula is C16H19BrN2O5. The standard InChI is InChI=1S/C16H19BrN2O5/c1-9-5-11(3-4-12(9)17)19-7-10(6-13(19)20)14(21)18-8-16(2,24)15(22)23/h3-5,10,24H,6-8H2,1-2H3,(H,18,21)(H,22,23). The summed E-state index contributed by atoms with van der Waals surface area (Å²) in [6, 6.07) is 5.50. The van der Waals surface area contributed by atoms with Crippen LogP contribution in [0.2, 0.25) is 0 Å². The Morgan fingerprint density at radius 1 is 1.46 bits per heavy atom. The van der Waals surface area contributed by atoms with Gasteiger partial charge in [-0.2, -0.15) is 0 Å². The first-order chi connectivity index (χ1) is 11.1. The molecular weight excluding hydrogens is 380 g/mol. The number of carboxylic acid groups (broad SMARTS) is 1. The van der Waals surface area contributed by atoms with Gasteiger partial charge in [0, 0.05) is 23.1 Å². The molecule has 1 fully saturated rings. The number of rotatable bonds is 5. The molecule has 1 aromatic carbocycles. The van der Waals surface area contributed by atoms with Gasteiger partial charge in [-0.3, -0.25) is 9.59 Å². The highest BCUT2D eigenvalue weighted by Gasteiger charge is 2.37. The second-order valence-electron chi connectivity index (χ2n) is 6.14. The summed E-state index contributed by atoms with van der Waals surface area (Å²) in [5.41, 5.74) is -0.347. The Hall–Kier alpha value is -1.93. The van der Waals surface area contributed by atoms with Gasteiger partial charge in [-0.05, 0) is 37.6 Å². The van der Waals surface area contributed by atoms with Crippen molar-refractivity contribution in [1.29, 1.82) is 0 Å². The fraction of sp³-hybridized carbons (Fsp3) is 0.438. The minimum Gasteiger partial charge on any atom is -0.479 e. The quantitative estimate of drug-likeness (QED) is 0.687. The Balaban J connectivity index is 2.02. The highest BCUT2D eigenvalue weighted by molar-refractivity contribution is 9.10. The maximum Gasteiger partial charge on any atom is 0.337 e. The largest absolute Gasteiger partial charge is 0.479 e. The summed E-state index contributed by atoms with van der Waals surface area (Å²) in [6.45, 7) is 2.82. The molecule has 1 aliphatic heterocycles. The lowest BCUT2D eigenvalue weighted by Crippen LogP contribution is -2.48. The molecule has 24 heavy (non-hydrogen) atoms. The lowest BCUT2D eigenvalue weighted by atomic mass is 10.1. The van der Waals surface area contributed by atoms with Crippen molar-refractivity contribution in [2.24, 2.45) is 5.92 Å². The van der Waals surface area contributed by atoms with Crippen molar-refractivity contribution in [2.75, 3.05) is 18.0 Å². The molecule has 0 radical (unpaired) electrons. The van der Waals surface area contributed by atoms with Crippen molar-refractivity contribution in [3.05, 3.63) is 28.2 Å². The third-order valence-electron chi connectivity index (χ3n) is 4.02. The predicted octanol–water partition coefficient (Wildman–Crippen LogP) is 1.06. The molecule has 130 valence electrons. The van der Waals surface area contributed by atoms with Crippen LogP contribution in [0.3, 0.4) is 0 Å². The number of carbonyl (C=O) groups is 3. The van der Waals surface area contributed by atoms with Crippen molar-refractivity contribution in [1.82, 2.24) is 5.32 Å². The molecule has 1 saturated heterocycles. The van der Waals surface area contributed by atoms with Gasteiger partial charge in [0.05, 0.1) is 12.5 Å². The molecule has 0 aliphatic carbocycles. The topological polar surface area (TPSA) is 107 Å². The molecule has 0 spiro atoms. The van der Waals surface area contributed by atoms with Gasteiger partial charge in [-0.25, -0.2) is 4.79 Å². The highest BCUT2D eigenvalue weighted by Crippen LogP contribution is 2.28. The monoisotopic (exact) mass is 398 g/mol. The highest BCUT2D eigenvalue weighted by atomic mass is 79.9. The van der Waals surface area contributed by atoms with Crippen molar-refractivity contribution in [3.63, 3.8) is 0 Å². The summed E-state index contributed by atoms with van der Waals surface area (Å²) in [5, 5.41) is 20.9. The normalized spacial score (nSPS) is 19.9. The summed E-state index contributed by atoms with van der Waals surface area (Å²) < 4.78 is 0.933. The van der Waals surface area contributed by atoms with Crippen LogP contribution < -0.4 is 10.2 Å². The van der Waals surface area contributed by atoms with Gasteiger partial charge in [0.1, 0.15) is 0 Å². The van der Waals surface area contributed by atoms with E-state index in [1.54, 1.807) is 11.0 Å². The maximum atomic E-state index is 12.2. The maximum absolute atomic E-state index is 12.2. The summed E-state index contributed by atoms with van der Waals surface area (Å²) >= 11 is 3.40. The van der Waals surface area contributed by atoms with Crippen molar-refractivity contribution < 1.29 is 24.6 Å². The smallest absolute Gasteiger partial charge is 0.337 e. The SMILES string of the molecule is Cc1cc(N2CC(C(=O)NCC(C)(O)C(=O)O)CC2=O)ccc1Br. The zero-order chi connectivity index (χ0) is 18.1. The number of nitrogens with one attached hydrogen (secondary N) is 1. The fourth-order valence-corrected chi connectivity index (χ4v) is 2.66. The summed E-state index contributed by atoms with van der Waals surface area (Å²) in [7, 11) is 0. The average molecular weight is 399 g/mol. The van der Waals surface area contributed by atoms with Crippen LogP contribution >= 0.6 is 15.9 Å². The van der Waals surface area contributed by atoms with Crippen LogP contribution in [0.4, 0.5) is 5.69 Å². The Morgan fingerprint density at radius 2 is 2.12 bits per heavy atom. The Labute approximate surface area is 147 Å². The molecule has 7 nitrogen and oxygen atoms in total. The van der Waals surface area contributed by atoms with Gasteiger partial charge in [0.25, 0.3) is 0 Å². The van der Waals surface area contributed by atoms with Crippen LogP contribution in [0.5, 0.6) is 0 Å². The van der Waals surface area contributed by atoms with Crippen LogP contribution in [0.1, 0.15) is 18.9 Å². The van der Waals surface area contributed by atoms with Crippen molar-refractivity contribution in [3.8, 4) is 0 Å². The summed E-state index contributed by atoms with van der Waals surface area (Å²) in [4.78, 5) is 36.7. The van der Waals surface area contributed by atoms with Gasteiger partial charge in [-0.15, -0.1) is 0 Å². The number of halogens is 1. The van der Waals surface area contributed by atoms with Crippen LogP contribution in [0.15, 0.2) is 22.7 Å². The molecule has 0 saturated carbocycles. The van der Waals surface area contributed by atoms with E-state index >= 15 is 0 Å². The number of benzene rings is 1. The molecule has 3 N–H and O–H groups in total. The van der Waals surface area contributed by atoms with E-state index in [0.717, 1.165) is 17.0 Å². The van der Waals surface area contributed by atoms with E-state index in [4.69, 9.17) is 5.11 Å². The number of hydrogen-bond acceptors (Lipinski definition) is 4. The van der Waals surface area contributed by atoms with Gasteiger partial charge < -0.3 is 20.4 Å². The number of carbonyl (C=O) groups excluding carboxylic acids is 2. The number of anilines is 1. The molecule has 2 rings (SSSR count). The molecule has 1 aliphatic rings. The fourth-order valence-electron chi connectivity index (χ4n) is 2.41. The summed E-state index contributed by atoms with van der Waals surface area (Å²) in [5.74, 6) is -2.61. The average Bonchev–Trinajstić information content (AvgIpc) is 2.89. The number of hydrogen-bond donors (Lipinski definition) is 3. The number of nitrogens with zero attached hydrogens (tertiary/aromatic N) is 1. The zero-order valence-electron chi connectivity index (χ0n) is 13.4. The van der Waals surface area contributed by atoms with E-state index in [9.17, 15) is 19.5 Å². The molecule has 2 unspecified atom stereocenters. The molecule has 2 atom stereocenters. The number of aryl methyl sites for hydroxylation is 1. The predicted molar refractivity (Wildman–Crippen MR) is 90.6 cm³/mol. The Bertz CT molecular complexity index is 689. The van der Waals surface area contributed by atoms with Crippen molar-refractivity contribution >= 4 is 39.4 Å². The second kappa shape index (κ2) is 6.90.